The Balaban J connectivity index is -0.0000000217. The molecule has 0 atom stereocenters. The van der Waals surface area contributed by atoms with Crippen molar-refractivity contribution >= 4 is 10.5 Å². The molecule has 0 bridgehead atoms. The van der Waals surface area contributed by atoms with E-state index >= 15 is 0 Å². The molecule has 0 heterocycles. The van der Waals surface area contributed by atoms with Crippen LogP contribution in [0.5, 0.6) is 0 Å². The molecule has 0 fully saturated rings. The van der Waals surface area contributed by atoms with Gasteiger partial charge in [0.25, 0.3) is 0 Å². The van der Waals surface area contributed by atoms with E-state index in [1.54, 1.807) is 31.3 Å². The fourth-order valence-electron chi connectivity index (χ4n) is 0.474. The molecule has 0 amide bonds. The SMILES string of the molecule is CCCCO.CCCCO.CCCCO.[CH2-]C.[CH2-]C.[CH2-]C.[O-][Si].[Ti+4]. The summed E-state index contributed by atoms with van der Waals surface area (Å²) in [4.78, 5) is 8.06. The van der Waals surface area contributed by atoms with Gasteiger partial charge in [0, 0.05) is 19.8 Å². The van der Waals surface area contributed by atoms with E-state index < -0.39 is 0 Å². The maximum absolute atomic E-state index is 8.07. The van der Waals surface area contributed by atoms with Gasteiger partial charge in [0.2, 0.25) is 0 Å². The number of unbranched alkanes of at least 4 members (excludes halogenated alkanes) is 3. The Morgan fingerprint density at radius 3 is 0.708 bits per heavy atom. The van der Waals surface area contributed by atoms with Crippen LogP contribution in [0.1, 0.15) is 80.1 Å². The minimum absolute atomic E-state index is 0. The van der Waals surface area contributed by atoms with E-state index in [-0.39, 0.29) is 21.7 Å². The first-order chi connectivity index (χ1) is 11.2. The zero-order valence-electron chi connectivity index (χ0n) is 17.2. The second-order valence-electron chi connectivity index (χ2n) is 3.23. The van der Waals surface area contributed by atoms with Gasteiger partial charge in [-0.1, -0.05) is 40.0 Å². The molecule has 0 unspecified atom stereocenters. The molecule has 0 rings (SSSR count). The minimum Gasteiger partial charge on any atom is -0.866 e. The summed E-state index contributed by atoms with van der Waals surface area (Å²) in [5, 5.41) is 24.2. The quantitative estimate of drug-likeness (QED) is 0.471. The molecule has 0 saturated heterocycles. The molecule has 0 aliphatic rings. The molecule has 0 saturated carbocycles. The standard InChI is InChI=1S/3C4H10O.3C2H5.OSi.Ti/c3*1-2-3-4-5;4*1-2;/h3*5H,2-4H2,1H3;3*1H2,2H3;;/q;;;4*-1;+4. The Morgan fingerprint density at radius 2 is 0.708 bits per heavy atom. The first-order valence-electron chi connectivity index (χ1n) is 8.40. The van der Waals surface area contributed by atoms with E-state index in [4.69, 9.17) is 20.1 Å². The van der Waals surface area contributed by atoms with Crippen LogP contribution in [0.25, 0.3) is 0 Å². The minimum atomic E-state index is 0. The molecule has 149 valence electrons. The maximum atomic E-state index is 8.07. The largest absolute Gasteiger partial charge is 4.00 e. The molecule has 0 aliphatic heterocycles. The smallest absolute Gasteiger partial charge is 0.866 e. The summed E-state index contributed by atoms with van der Waals surface area (Å²) in [5.74, 6) is 0. The summed E-state index contributed by atoms with van der Waals surface area (Å²) in [7, 11) is 1.72. The van der Waals surface area contributed by atoms with Gasteiger partial charge in [0.05, 0.1) is 0 Å². The zero-order chi connectivity index (χ0) is 20.4. The molecule has 0 spiro atoms. The molecule has 3 N–H and O–H groups in total. The van der Waals surface area contributed by atoms with Crippen LogP contribution in [0.3, 0.4) is 0 Å². The van der Waals surface area contributed by atoms with E-state index in [0.29, 0.717) is 19.8 Å². The molecule has 24 heavy (non-hydrogen) atoms. The third kappa shape index (κ3) is 235. The second kappa shape index (κ2) is 129. The summed E-state index contributed by atoms with van der Waals surface area (Å²) < 4.78 is 0. The van der Waals surface area contributed by atoms with Gasteiger partial charge in [0.15, 0.2) is 0 Å². The van der Waals surface area contributed by atoms with Gasteiger partial charge >= 0.3 is 21.7 Å². The summed E-state index contributed by atoms with van der Waals surface area (Å²) in [6, 6.07) is 0. The van der Waals surface area contributed by atoms with E-state index in [2.05, 4.69) is 41.5 Å². The summed E-state index contributed by atoms with van der Waals surface area (Å²) >= 11 is 0. The number of hydrogen-bond acceptors (Lipinski definition) is 4. The van der Waals surface area contributed by atoms with Crippen LogP contribution in [0.15, 0.2) is 0 Å². The van der Waals surface area contributed by atoms with Crippen LogP contribution in [0.4, 0.5) is 0 Å². The van der Waals surface area contributed by atoms with Crippen molar-refractivity contribution in [3.05, 3.63) is 20.8 Å². The third-order valence-electron chi connectivity index (χ3n) is 1.54. The number of aliphatic hydroxyl groups excluding tert-OH is 3. The first kappa shape index (κ1) is 49.8. The van der Waals surface area contributed by atoms with Gasteiger partial charge in [-0.15, -0.1) is 10.5 Å². The fraction of sp³-hybridized carbons (Fsp3) is 0.833. The van der Waals surface area contributed by atoms with Gasteiger partial charge in [-0.2, -0.15) is 20.8 Å². The average molecular weight is 402 g/mol. The Bertz CT molecular complexity index is 63.8. The van der Waals surface area contributed by atoms with Crippen LogP contribution in [0, 0.1) is 20.8 Å². The third-order valence-corrected chi connectivity index (χ3v) is 1.54. The summed E-state index contributed by atoms with van der Waals surface area (Å²) in [5.41, 5.74) is 0. The van der Waals surface area contributed by atoms with E-state index in [0.717, 1.165) is 38.5 Å². The van der Waals surface area contributed by atoms with Crippen molar-refractivity contribution < 1.29 is 41.8 Å². The van der Waals surface area contributed by atoms with Crippen molar-refractivity contribution in [2.24, 2.45) is 0 Å². The number of aliphatic hydroxyl groups is 3. The average Bonchev–Trinajstić information content (AvgIpc) is 2.65. The maximum Gasteiger partial charge on any atom is 4.00 e. The van der Waals surface area contributed by atoms with Crippen LogP contribution in [-0.2, 0) is 21.7 Å². The number of rotatable bonds is 6. The molecular formula is C18H45O4SiTi. The topological polar surface area (TPSA) is 83.8 Å². The molecular weight excluding hydrogens is 356 g/mol. The van der Waals surface area contributed by atoms with Crippen LogP contribution in [-0.4, -0.2) is 45.6 Å². The van der Waals surface area contributed by atoms with Crippen molar-refractivity contribution in [1.82, 2.24) is 0 Å². The van der Waals surface area contributed by atoms with Crippen molar-refractivity contribution in [2.75, 3.05) is 19.8 Å². The van der Waals surface area contributed by atoms with Crippen LogP contribution in [0.2, 0.25) is 0 Å². The molecule has 0 aromatic carbocycles. The van der Waals surface area contributed by atoms with Gasteiger partial charge < -0.3 is 40.9 Å². The van der Waals surface area contributed by atoms with Crippen molar-refractivity contribution in [3.63, 3.8) is 0 Å². The molecule has 0 aliphatic carbocycles. The van der Waals surface area contributed by atoms with Gasteiger partial charge in [-0.05, 0) is 19.3 Å². The van der Waals surface area contributed by atoms with E-state index in [1.165, 1.54) is 0 Å². The van der Waals surface area contributed by atoms with E-state index in [9.17, 15) is 0 Å². The molecule has 0 aromatic heterocycles. The zero-order valence-corrected chi connectivity index (χ0v) is 19.8. The van der Waals surface area contributed by atoms with Crippen LogP contribution >= 0.6 is 0 Å². The van der Waals surface area contributed by atoms with Gasteiger partial charge in [-0.25, -0.2) is 0 Å². The fourth-order valence-corrected chi connectivity index (χ4v) is 0.474. The molecule has 6 heteroatoms. The predicted octanol–water partition coefficient (Wildman–Crippen LogP) is 3.29. The normalized spacial score (nSPS) is 6.25. The van der Waals surface area contributed by atoms with E-state index in [1.807, 2.05) is 0 Å². The summed E-state index contributed by atoms with van der Waals surface area (Å²) in [6.07, 6.45) is 6.11. The Hall–Kier alpha value is 0.771. The monoisotopic (exact) mass is 401 g/mol. The number of hydrogen-bond donors (Lipinski definition) is 3. The second-order valence-corrected chi connectivity index (χ2v) is 3.23. The van der Waals surface area contributed by atoms with Crippen LogP contribution < -0.4 is 4.80 Å². The molecule has 4 nitrogen and oxygen atoms in total. The Kier molecular flexibility index (Phi) is 268. The first-order valence-corrected chi connectivity index (χ1v) is 8.80. The molecule has 0 aromatic rings. The van der Waals surface area contributed by atoms with Gasteiger partial charge in [-0.3, -0.25) is 0 Å². The van der Waals surface area contributed by atoms with Gasteiger partial charge in [0.1, 0.15) is 0 Å². The predicted molar refractivity (Wildman–Crippen MR) is 105 cm³/mol. The Labute approximate surface area is 172 Å². The molecule has 3 radical (unpaired) electrons. The summed E-state index contributed by atoms with van der Waals surface area (Å²) in [6.45, 7) is 22.2. The van der Waals surface area contributed by atoms with Crippen molar-refractivity contribution in [3.8, 4) is 0 Å². The van der Waals surface area contributed by atoms with Crippen molar-refractivity contribution in [1.29, 1.82) is 0 Å². The Morgan fingerprint density at radius 1 is 0.583 bits per heavy atom. The van der Waals surface area contributed by atoms with Crippen molar-refractivity contribution in [2.45, 2.75) is 80.1 Å².